The van der Waals surface area contributed by atoms with Crippen molar-refractivity contribution < 1.29 is 9.59 Å². The number of rotatable bonds is 0. The first-order valence-corrected chi connectivity index (χ1v) is 5.93. The highest BCUT2D eigenvalue weighted by Crippen LogP contribution is 2.41. The predicted octanol–water partition coefficient (Wildman–Crippen LogP) is 1.61. The highest BCUT2D eigenvalue weighted by molar-refractivity contribution is 6.34. The molecule has 2 aliphatic rings. The van der Waals surface area contributed by atoms with E-state index in [1.54, 1.807) is 6.07 Å². The van der Waals surface area contributed by atoms with E-state index in [1.165, 1.54) is 0 Å². The summed E-state index contributed by atoms with van der Waals surface area (Å²) >= 11 is 6.01. The molecule has 1 aromatic rings. The van der Waals surface area contributed by atoms with Gasteiger partial charge in [-0.1, -0.05) is 11.6 Å². The van der Waals surface area contributed by atoms with E-state index in [2.05, 4.69) is 5.32 Å². The van der Waals surface area contributed by atoms with E-state index in [-0.39, 0.29) is 17.7 Å². The largest absolute Gasteiger partial charge is 0.397 e. The van der Waals surface area contributed by atoms with Crippen LogP contribution in [-0.4, -0.2) is 11.8 Å². The lowest BCUT2D eigenvalue weighted by Gasteiger charge is -2.31. The van der Waals surface area contributed by atoms with Crippen molar-refractivity contribution in [1.82, 2.24) is 5.32 Å². The van der Waals surface area contributed by atoms with Gasteiger partial charge in [-0.15, -0.1) is 0 Å². The molecule has 0 fully saturated rings. The van der Waals surface area contributed by atoms with Crippen LogP contribution in [0.4, 0.5) is 5.69 Å². The second-order valence-electron chi connectivity index (χ2n) is 4.48. The molecule has 1 heterocycles. The number of imide groups is 1. The number of carbonyl (C=O) groups excluding carboxylic acids is 2. The zero-order valence-corrected chi connectivity index (χ0v) is 9.80. The minimum absolute atomic E-state index is 0.217. The van der Waals surface area contributed by atoms with Crippen molar-refractivity contribution in [2.45, 2.75) is 25.2 Å². The molecule has 0 saturated heterocycles. The summed E-state index contributed by atoms with van der Waals surface area (Å²) in [6.45, 7) is 0. The molecule has 1 aliphatic heterocycles. The first-order chi connectivity index (χ1) is 8.09. The monoisotopic (exact) mass is 250 g/mol. The summed E-state index contributed by atoms with van der Waals surface area (Å²) < 4.78 is 0. The number of carbonyl (C=O) groups is 2. The zero-order valence-electron chi connectivity index (χ0n) is 9.05. The summed E-state index contributed by atoms with van der Waals surface area (Å²) in [6, 6.07) is 1.57. The van der Waals surface area contributed by atoms with Crippen molar-refractivity contribution in [2.75, 3.05) is 5.73 Å². The minimum atomic E-state index is -0.369. The maximum Gasteiger partial charge on any atom is 0.258 e. The van der Waals surface area contributed by atoms with E-state index in [1.807, 2.05) is 0 Å². The summed E-state index contributed by atoms with van der Waals surface area (Å²) in [7, 11) is 0. The molecule has 0 saturated carbocycles. The molecular formula is C12H11ClN2O2. The van der Waals surface area contributed by atoms with Crippen molar-refractivity contribution in [3.8, 4) is 0 Å². The number of nitrogens with two attached hydrogens (primary N) is 1. The van der Waals surface area contributed by atoms with Gasteiger partial charge in [0.15, 0.2) is 0 Å². The molecule has 17 heavy (non-hydrogen) atoms. The third kappa shape index (κ3) is 1.37. The second kappa shape index (κ2) is 3.47. The number of halogens is 1. The van der Waals surface area contributed by atoms with Gasteiger partial charge in [-0.2, -0.15) is 0 Å². The lowest BCUT2D eigenvalue weighted by molar-refractivity contribution is -0.122. The zero-order chi connectivity index (χ0) is 12.2. The van der Waals surface area contributed by atoms with Gasteiger partial charge in [0.1, 0.15) is 0 Å². The van der Waals surface area contributed by atoms with Crippen molar-refractivity contribution in [3.63, 3.8) is 0 Å². The summed E-state index contributed by atoms with van der Waals surface area (Å²) in [6.07, 6.45) is 2.44. The highest BCUT2D eigenvalue weighted by atomic mass is 35.5. The second-order valence-corrected chi connectivity index (χ2v) is 4.88. The topological polar surface area (TPSA) is 72.2 Å². The van der Waals surface area contributed by atoms with Gasteiger partial charge in [0.2, 0.25) is 5.91 Å². The fraction of sp³-hybridized carbons (Fsp3) is 0.333. The van der Waals surface area contributed by atoms with Crippen LogP contribution in [0.3, 0.4) is 0 Å². The van der Waals surface area contributed by atoms with Crippen molar-refractivity contribution >= 4 is 29.1 Å². The summed E-state index contributed by atoms with van der Waals surface area (Å²) in [5.41, 5.74) is 8.62. The molecule has 2 amide bonds. The van der Waals surface area contributed by atoms with Crippen molar-refractivity contribution in [3.05, 3.63) is 27.8 Å². The maximum absolute atomic E-state index is 11.8. The number of benzene rings is 1. The number of anilines is 1. The molecule has 0 bridgehead atoms. The van der Waals surface area contributed by atoms with Crippen LogP contribution in [0.2, 0.25) is 5.02 Å². The number of nitrogen functional groups attached to an aromatic ring is 1. The number of amides is 2. The summed E-state index contributed by atoms with van der Waals surface area (Å²) in [4.78, 5) is 23.5. The van der Waals surface area contributed by atoms with Crippen molar-refractivity contribution in [1.29, 1.82) is 0 Å². The third-order valence-electron chi connectivity index (χ3n) is 3.53. The Hall–Kier alpha value is -1.55. The first-order valence-electron chi connectivity index (χ1n) is 5.55. The fourth-order valence-electron chi connectivity index (χ4n) is 2.75. The Labute approximate surface area is 103 Å². The van der Waals surface area contributed by atoms with Crippen LogP contribution in [0, 0.1) is 0 Å². The molecule has 3 N–H and O–H groups in total. The molecule has 88 valence electrons. The van der Waals surface area contributed by atoms with Gasteiger partial charge < -0.3 is 5.73 Å². The lowest BCUT2D eigenvalue weighted by atomic mass is 9.77. The average molecular weight is 251 g/mol. The molecule has 4 nitrogen and oxygen atoms in total. The minimum Gasteiger partial charge on any atom is -0.397 e. The SMILES string of the molecule is Nc1c(Cl)cc2c3c1CCCC3C(=O)NC2=O. The summed E-state index contributed by atoms with van der Waals surface area (Å²) in [5.74, 6) is -0.831. The Morgan fingerprint density at radius 2 is 2.18 bits per heavy atom. The lowest BCUT2D eigenvalue weighted by Crippen LogP contribution is -2.42. The van der Waals surface area contributed by atoms with Crippen LogP contribution in [-0.2, 0) is 11.2 Å². The van der Waals surface area contributed by atoms with Crippen LogP contribution >= 0.6 is 11.6 Å². The van der Waals surface area contributed by atoms with Crippen LogP contribution in [0.1, 0.15) is 40.2 Å². The van der Waals surface area contributed by atoms with E-state index in [0.717, 1.165) is 30.4 Å². The maximum atomic E-state index is 11.8. The Morgan fingerprint density at radius 1 is 1.41 bits per heavy atom. The van der Waals surface area contributed by atoms with Crippen LogP contribution in [0.15, 0.2) is 6.07 Å². The molecule has 1 unspecified atom stereocenters. The molecule has 1 aromatic carbocycles. The third-order valence-corrected chi connectivity index (χ3v) is 3.85. The normalized spacial score (nSPS) is 22.1. The number of hydrogen-bond donors (Lipinski definition) is 2. The standard InChI is InChI=1S/C12H11ClN2O2/c13-8-4-7-9-5(10(8)14)2-1-3-6(9)11(16)15-12(7)17/h4,6H,1-3,14H2,(H,15,16,17). The number of hydrogen-bond acceptors (Lipinski definition) is 3. The quantitative estimate of drug-likeness (QED) is 0.543. The Bertz CT molecular complexity index is 554. The van der Waals surface area contributed by atoms with Gasteiger partial charge in [0.25, 0.3) is 5.91 Å². The van der Waals surface area contributed by atoms with Crippen LogP contribution in [0.5, 0.6) is 0 Å². The Balaban J connectivity index is 2.34. The van der Waals surface area contributed by atoms with Crippen LogP contribution in [0.25, 0.3) is 0 Å². The van der Waals surface area contributed by atoms with E-state index in [4.69, 9.17) is 17.3 Å². The van der Waals surface area contributed by atoms with Crippen molar-refractivity contribution in [2.24, 2.45) is 0 Å². The Morgan fingerprint density at radius 3 is 2.94 bits per heavy atom. The molecular weight excluding hydrogens is 240 g/mol. The molecule has 3 rings (SSSR count). The van der Waals surface area contributed by atoms with Gasteiger partial charge in [0.05, 0.1) is 16.6 Å². The highest BCUT2D eigenvalue weighted by Gasteiger charge is 2.37. The molecule has 5 heteroatoms. The molecule has 1 atom stereocenters. The van der Waals surface area contributed by atoms with E-state index >= 15 is 0 Å². The predicted molar refractivity (Wildman–Crippen MR) is 64.0 cm³/mol. The van der Waals surface area contributed by atoms with Gasteiger partial charge >= 0.3 is 0 Å². The van der Waals surface area contributed by atoms with E-state index < -0.39 is 0 Å². The van der Waals surface area contributed by atoms with E-state index in [9.17, 15) is 9.59 Å². The Kier molecular flexibility index (Phi) is 2.16. The molecule has 1 aliphatic carbocycles. The fourth-order valence-corrected chi connectivity index (χ4v) is 2.97. The average Bonchev–Trinajstić information content (AvgIpc) is 2.31. The van der Waals surface area contributed by atoms with Gasteiger partial charge in [-0.25, -0.2) is 0 Å². The molecule has 0 aromatic heterocycles. The van der Waals surface area contributed by atoms with E-state index in [0.29, 0.717) is 16.3 Å². The smallest absolute Gasteiger partial charge is 0.258 e. The first kappa shape index (κ1) is 10.6. The van der Waals surface area contributed by atoms with Gasteiger partial charge in [-0.05, 0) is 36.5 Å². The van der Waals surface area contributed by atoms with Gasteiger partial charge in [0, 0.05) is 5.56 Å². The molecule has 0 spiro atoms. The van der Waals surface area contributed by atoms with Gasteiger partial charge in [-0.3, -0.25) is 14.9 Å². The molecule has 0 radical (unpaired) electrons. The number of nitrogens with one attached hydrogen (secondary N) is 1. The summed E-state index contributed by atoms with van der Waals surface area (Å²) in [5, 5.41) is 2.76. The van der Waals surface area contributed by atoms with Crippen LogP contribution < -0.4 is 11.1 Å².